The van der Waals surface area contributed by atoms with Crippen molar-refractivity contribution in [2.24, 2.45) is 5.73 Å². The van der Waals surface area contributed by atoms with Crippen LogP contribution in [0.3, 0.4) is 0 Å². The molecule has 112 valence electrons. The Morgan fingerprint density at radius 2 is 1.95 bits per heavy atom. The highest BCUT2D eigenvalue weighted by Gasteiger charge is 2.09. The number of hydrogen-bond acceptors (Lipinski definition) is 4. The number of aromatic nitrogens is 1. The molecule has 2 aromatic rings. The molecule has 0 bridgehead atoms. The van der Waals surface area contributed by atoms with Crippen molar-refractivity contribution >= 4 is 15.9 Å². The van der Waals surface area contributed by atoms with Crippen molar-refractivity contribution in [1.29, 1.82) is 0 Å². The standard InChI is InChI=1S/C16H19BrN2O2/c1-10-4-13(17)6-12(8-18)16(10)21-9-14-7-15(20-3)5-11(2)19-14/h4-7H,8-9,18H2,1-3H3. The molecule has 4 nitrogen and oxygen atoms in total. The van der Waals surface area contributed by atoms with Gasteiger partial charge in [-0.15, -0.1) is 0 Å². The number of nitrogens with zero attached hydrogens (tertiary/aromatic N) is 1. The molecule has 0 aliphatic rings. The minimum Gasteiger partial charge on any atom is -0.497 e. The van der Waals surface area contributed by atoms with Crippen LogP contribution < -0.4 is 15.2 Å². The summed E-state index contributed by atoms with van der Waals surface area (Å²) in [4.78, 5) is 4.45. The van der Waals surface area contributed by atoms with Gasteiger partial charge in [0.2, 0.25) is 0 Å². The van der Waals surface area contributed by atoms with Gasteiger partial charge in [-0.05, 0) is 31.5 Å². The van der Waals surface area contributed by atoms with E-state index in [4.69, 9.17) is 15.2 Å². The number of pyridine rings is 1. The normalized spacial score (nSPS) is 10.5. The molecule has 0 unspecified atom stereocenters. The first-order chi connectivity index (χ1) is 10.0. The van der Waals surface area contributed by atoms with Crippen molar-refractivity contribution in [2.45, 2.75) is 27.0 Å². The van der Waals surface area contributed by atoms with Crippen molar-refractivity contribution in [3.8, 4) is 11.5 Å². The highest BCUT2D eigenvalue weighted by atomic mass is 79.9. The highest BCUT2D eigenvalue weighted by molar-refractivity contribution is 9.10. The fraction of sp³-hybridized carbons (Fsp3) is 0.312. The molecule has 0 saturated heterocycles. The molecule has 1 aromatic heterocycles. The Morgan fingerprint density at radius 3 is 2.62 bits per heavy atom. The molecule has 0 spiro atoms. The average Bonchev–Trinajstić information content (AvgIpc) is 2.44. The van der Waals surface area contributed by atoms with Gasteiger partial charge in [0.15, 0.2) is 0 Å². The molecule has 0 aliphatic carbocycles. The molecule has 1 aromatic carbocycles. The first-order valence-corrected chi connectivity index (χ1v) is 7.46. The Morgan fingerprint density at radius 1 is 1.19 bits per heavy atom. The third-order valence-corrected chi connectivity index (χ3v) is 3.57. The Hall–Kier alpha value is -1.59. The van der Waals surface area contributed by atoms with E-state index >= 15 is 0 Å². The van der Waals surface area contributed by atoms with Crippen LogP contribution in [0.15, 0.2) is 28.7 Å². The van der Waals surface area contributed by atoms with Crippen molar-refractivity contribution in [2.75, 3.05) is 7.11 Å². The number of hydrogen-bond donors (Lipinski definition) is 1. The molecule has 0 atom stereocenters. The minimum absolute atomic E-state index is 0.382. The van der Waals surface area contributed by atoms with Crippen LogP contribution in [0, 0.1) is 13.8 Å². The minimum atomic E-state index is 0.382. The Labute approximate surface area is 133 Å². The van der Waals surface area contributed by atoms with Gasteiger partial charge in [0, 0.05) is 34.4 Å². The molecule has 0 fully saturated rings. The topological polar surface area (TPSA) is 57.4 Å². The second-order valence-corrected chi connectivity index (χ2v) is 5.76. The Kier molecular flexibility index (Phi) is 5.20. The molecule has 0 radical (unpaired) electrons. The molecular weight excluding hydrogens is 332 g/mol. The van der Waals surface area contributed by atoms with Gasteiger partial charge < -0.3 is 15.2 Å². The van der Waals surface area contributed by atoms with Gasteiger partial charge in [-0.3, -0.25) is 4.98 Å². The third-order valence-electron chi connectivity index (χ3n) is 3.12. The van der Waals surface area contributed by atoms with Gasteiger partial charge >= 0.3 is 0 Å². The Balaban J connectivity index is 2.22. The van der Waals surface area contributed by atoms with Crippen molar-refractivity contribution in [3.05, 3.63) is 51.3 Å². The van der Waals surface area contributed by atoms with Gasteiger partial charge in [0.05, 0.1) is 12.8 Å². The lowest BCUT2D eigenvalue weighted by Gasteiger charge is -2.14. The molecule has 0 aliphatic heterocycles. The molecule has 21 heavy (non-hydrogen) atoms. The maximum absolute atomic E-state index is 5.94. The first kappa shape index (κ1) is 15.8. The predicted molar refractivity (Wildman–Crippen MR) is 86.6 cm³/mol. The van der Waals surface area contributed by atoms with E-state index in [1.54, 1.807) is 7.11 Å². The SMILES string of the molecule is COc1cc(C)nc(COc2c(C)cc(Br)cc2CN)c1. The summed E-state index contributed by atoms with van der Waals surface area (Å²) in [5, 5.41) is 0. The number of aryl methyl sites for hydroxylation is 2. The van der Waals surface area contributed by atoms with E-state index in [0.717, 1.165) is 38.5 Å². The average molecular weight is 351 g/mol. The lowest BCUT2D eigenvalue weighted by Crippen LogP contribution is -2.06. The first-order valence-electron chi connectivity index (χ1n) is 6.67. The summed E-state index contributed by atoms with van der Waals surface area (Å²) in [6.07, 6.45) is 0. The Bertz CT molecular complexity index is 644. The third kappa shape index (κ3) is 3.95. The lowest BCUT2D eigenvalue weighted by atomic mass is 10.1. The van der Waals surface area contributed by atoms with Crippen LogP contribution >= 0.6 is 15.9 Å². The second-order valence-electron chi connectivity index (χ2n) is 4.84. The predicted octanol–water partition coefficient (Wildman–Crippen LogP) is 3.51. The summed E-state index contributed by atoms with van der Waals surface area (Å²) in [5.41, 5.74) is 9.54. The van der Waals surface area contributed by atoms with E-state index in [1.165, 1.54) is 0 Å². The zero-order valence-corrected chi connectivity index (χ0v) is 14.0. The van der Waals surface area contributed by atoms with Gasteiger partial charge in [-0.25, -0.2) is 0 Å². The number of nitrogens with two attached hydrogens (primary N) is 1. The molecule has 0 amide bonds. The van der Waals surface area contributed by atoms with E-state index in [9.17, 15) is 0 Å². The number of benzene rings is 1. The van der Waals surface area contributed by atoms with E-state index in [0.29, 0.717) is 13.2 Å². The zero-order valence-electron chi connectivity index (χ0n) is 12.4. The fourth-order valence-corrected chi connectivity index (χ4v) is 2.82. The van der Waals surface area contributed by atoms with E-state index in [-0.39, 0.29) is 0 Å². The van der Waals surface area contributed by atoms with Gasteiger partial charge in [0.25, 0.3) is 0 Å². The van der Waals surface area contributed by atoms with Crippen LogP contribution in [0.5, 0.6) is 11.5 Å². The lowest BCUT2D eigenvalue weighted by molar-refractivity contribution is 0.294. The van der Waals surface area contributed by atoms with Gasteiger partial charge in [0.1, 0.15) is 18.1 Å². The van der Waals surface area contributed by atoms with Crippen LogP contribution in [0.4, 0.5) is 0 Å². The quantitative estimate of drug-likeness (QED) is 0.896. The molecule has 2 N–H and O–H groups in total. The monoisotopic (exact) mass is 350 g/mol. The second kappa shape index (κ2) is 6.91. The summed E-state index contributed by atoms with van der Waals surface area (Å²) in [6, 6.07) is 7.76. The molecule has 0 saturated carbocycles. The number of halogens is 1. The summed E-state index contributed by atoms with van der Waals surface area (Å²) >= 11 is 3.47. The largest absolute Gasteiger partial charge is 0.497 e. The maximum atomic E-state index is 5.94. The molecule has 1 heterocycles. The van der Waals surface area contributed by atoms with Crippen molar-refractivity contribution in [3.63, 3.8) is 0 Å². The van der Waals surface area contributed by atoms with Gasteiger partial charge in [-0.2, -0.15) is 0 Å². The zero-order chi connectivity index (χ0) is 15.4. The maximum Gasteiger partial charge on any atom is 0.130 e. The molecular formula is C16H19BrN2O2. The van der Waals surface area contributed by atoms with Crippen LogP contribution in [0.2, 0.25) is 0 Å². The number of rotatable bonds is 5. The fourth-order valence-electron chi connectivity index (χ4n) is 2.20. The highest BCUT2D eigenvalue weighted by Crippen LogP contribution is 2.28. The smallest absolute Gasteiger partial charge is 0.130 e. The summed E-state index contributed by atoms with van der Waals surface area (Å²) in [7, 11) is 1.64. The van der Waals surface area contributed by atoms with Crippen LogP contribution in [-0.2, 0) is 13.2 Å². The van der Waals surface area contributed by atoms with Crippen molar-refractivity contribution < 1.29 is 9.47 Å². The summed E-state index contributed by atoms with van der Waals surface area (Å²) in [5.74, 6) is 1.61. The van der Waals surface area contributed by atoms with Crippen molar-refractivity contribution in [1.82, 2.24) is 4.98 Å². The number of ether oxygens (including phenoxy) is 2. The van der Waals surface area contributed by atoms with Crippen LogP contribution in [0.1, 0.15) is 22.5 Å². The summed E-state index contributed by atoms with van der Waals surface area (Å²) in [6.45, 7) is 4.75. The van der Waals surface area contributed by atoms with E-state index in [2.05, 4.69) is 20.9 Å². The summed E-state index contributed by atoms with van der Waals surface area (Å²) < 4.78 is 12.2. The van der Waals surface area contributed by atoms with Crippen LogP contribution in [-0.4, -0.2) is 12.1 Å². The van der Waals surface area contributed by atoms with Crippen LogP contribution in [0.25, 0.3) is 0 Å². The van der Waals surface area contributed by atoms with Gasteiger partial charge in [-0.1, -0.05) is 15.9 Å². The molecule has 2 rings (SSSR count). The number of methoxy groups -OCH3 is 1. The van der Waals surface area contributed by atoms with E-state index in [1.807, 2.05) is 38.1 Å². The molecule has 5 heteroatoms. The van der Waals surface area contributed by atoms with E-state index < -0.39 is 0 Å².